The summed E-state index contributed by atoms with van der Waals surface area (Å²) in [4.78, 5) is 17.0. The molecule has 1 amide bonds. The lowest BCUT2D eigenvalue weighted by atomic mass is 9.78. The fourth-order valence-corrected chi connectivity index (χ4v) is 5.35. The van der Waals surface area contributed by atoms with Crippen LogP contribution in [-0.4, -0.2) is 51.7 Å². The van der Waals surface area contributed by atoms with Crippen molar-refractivity contribution < 1.29 is 4.79 Å². The smallest absolute Gasteiger partial charge is 0.246 e. The molecule has 28 heavy (non-hydrogen) atoms. The minimum Gasteiger partial charge on any atom is -0.339 e. The topological polar surface area (TPSA) is 41.4 Å². The van der Waals surface area contributed by atoms with Gasteiger partial charge >= 0.3 is 0 Å². The highest BCUT2D eigenvalue weighted by atomic mass is 35.5. The van der Waals surface area contributed by atoms with Crippen LogP contribution in [0.4, 0.5) is 0 Å². The second kappa shape index (κ2) is 8.01. The summed E-state index contributed by atoms with van der Waals surface area (Å²) in [6.07, 6.45) is 7.01. The van der Waals surface area contributed by atoms with Crippen molar-refractivity contribution in [2.45, 2.75) is 32.7 Å². The molecule has 0 aromatic carbocycles. The van der Waals surface area contributed by atoms with E-state index in [0.717, 1.165) is 67.5 Å². The van der Waals surface area contributed by atoms with Gasteiger partial charge in [0.2, 0.25) is 5.91 Å². The maximum absolute atomic E-state index is 12.5. The highest BCUT2D eigenvalue weighted by Crippen LogP contribution is 2.41. The molecule has 4 rings (SSSR count). The van der Waals surface area contributed by atoms with E-state index in [0.29, 0.717) is 5.41 Å². The van der Waals surface area contributed by atoms with E-state index in [2.05, 4.69) is 15.4 Å². The molecule has 7 heteroatoms. The van der Waals surface area contributed by atoms with Crippen LogP contribution in [0.1, 0.15) is 36.1 Å². The molecule has 0 aliphatic carbocycles. The number of piperidine rings is 1. The van der Waals surface area contributed by atoms with Gasteiger partial charge in [-0.3, -0.25) is 14.4 Å². The van der Waals surface area contributed by atoms with Crippen LogP contribution in [-0.2, 0) is 18.4 Å². The highest BCUT2D eigenvalue weighted by molar-refractivity contribution is 7.08. The molecule has 4 heterocycles. The first-order valence-electron chi connectivity index (χ1n) is 9.85. The van der Waals surface area contributed by atoms with Crippen molar-refractivity contribution in [2.24, 2.45) is 12.5 Å². The normalized spacial score (nSPS) is 19.9. The maximum Gasteiger partial charge on any atom is 0.246 e. The summed E-state index contributed by atoms with van der Waals surface area (Å²) >= 11 is 8.06. The number of carbonyl (C=O) groups excluding carboxylic acids is 1. The maximum atomic E-state index is 12.5. The second-order valence-electron chi connectivity index (χ2n) is 8.15. The summed E-state index contributed by atoms with van der Waals surface area (Å²) in [5, 5.41) is 9.26. The Balaban J connectivity index is 1.31. The van der Waals surface area contributed by atoms with Crippen molar-refractivity contribution in [2.75, 3.05) is 26.2 Å². The van der Waals surface area contributed by atoms with Crippen LogP contribution in [0, 0.1) is 12.3 Å². The third-order valence-electron chi connectivity index (χ3n) is 6.27. The minimum absolute atomic E-state index is 0.133. The van der Waals surface area contributed by atoms with Gasteiger partial charge in [-0.2, -0.15) is 16.4 Å². The van der Waals surface area contributed by atoms with Crippen LogP contribution in [0.25, 0.3) is 6.08 Å². The molecule has 0 atom stereocenters. The number of carbonyl (C=O) groups is 1. The van der Waals surface area contributed by atoms with Gasteiger partial charge in [-0.05, 0) is 66.6 Å². The number of aromatic nitrogens is 2. The number of rotatable bonds is 4. The van der Waals surface area contributed by atoms with Gasteiger partial charge in [-0.25, -0.2) is 0 Å². The van der Waals surface area contributed by atoms with Gasteiger partial charge in [0.1, 0.15) is 5.15 Å². The molecule has 2 aliphatic rings. The summed E-state index contributed by atoms with van der Waals surface area (Å²) in [6.45, 7) is 6.79. The third-order valence-corrected chi connectivity index (χ3v) is 7.44. The van der Waals surface area contributed by atoms with Crippen LogP contribution in [0.15, 0.2) is 22.9 Å². The minimum atomic E-state index is 0.133. The molecule has 2 fully saturated rings. The number of thiophene rings is 1. The number of aryl methyl sites for hydroxylation is 2. The average Bonchev–Trinajstić information content (AvgIpc) is 3.39. The zero-order chi connectivity index (χ0) is 19.7. The van der Waals surface area contributed by atoms with E-state index in [9.17, 15) is 4.79 Å². The number of nitrogens with zero attached hydrogens (tertiary/aromatic N) is 4. The Bertz CT molecular complexity index is 865. The third kappa shape index (κ3) is 4.04. The number of hydrogen-bond donors (Lipinski definition) is 0. The molecule has 5 nitrogen and oxygen atoms in total. The predicted molar refractivity (Wildman–Crippen MR) is 114 cm³/mol. The molecule has 2 saturated heterocycles. The van der Waals surface area contributed by atoms with Crippen molar-refractivity contribution in [3.05, 3.63) is 44.9 Å². The molecular weight excluding hydrogens is 392 g/mol. The summed E-state index contributed by atoms with van der Waals surface area (Å²) < 4.78 is 1.76. The molecule has 0 radical (unpaired) electrons. The highest BCUT2D eigenvalue weighted by Gasteiger charge is 2.41. The second-order valence-corrected chi connectivity index (χ2v) is 9.29. The van der Waals surface area contributed by atoms with E-state index < -0.39 is 0 Å². The van der Waals surface area contributed by atoms with Crippen molar-refractivity contribution in [1.82, 2.24) is 19.6 Å². The number of amides is 1. The standard InChI is InChI=1S/C21H27ClN4OS/c1-16-18(20(22)24(2)23-16)13-25-9-6-21(15-25)7-10-26(11-8-21)19(27)4-3-17-5-12-28-14-17/h3-5,12,14H,6-11,13,15H2,1-2H3. The molecule has 2 aromatic rings. The molecule has 0 bridgehead atoms. The average molecular weight is 419 g/mol. The molecule has 2 aromatic heterocycles. The fourth-order valence-electron chi connectivity index (χ4n) is 4.49. The molecule has 150 valence electrons. The summed E-state index contributed by atoms with van der Waals surface area (Å²) in [7, 11) is 1.89. The van der Waals surface area contributed by atoms with Gasteiger partial charge in [0.15, 0.2) is 0 Å². The van der Waals surface area contributed by atoms with Crippen LogP contribution < -0.4 is 0 Å². The largest absolute Gasteiger partial charge is 0.339 e. The Kier molecular flexibility index (Phi) is 5.63. The van der Waals surface area contributed by atoms with Gasteiger partial charge in [-0.1, -0.05) is 11.6 Å². The lowest BCUT2D eigenvalue weighted by molar-refractivity contribution is -0.128. The fraction of sp³-hybridized carbons (Fsp3) is 0.524. The molecule has 0 N–H and O–H groups in total. The van der Waals surface area contributed by atoms with E-state index in [4.69, 9.17) is 11.6 Å². The van der Waals surface area contributed by atoms with Gasteiger partial charge < -0.3 is 4.90 Å². The Morgan fingerprint density at radius 1 is 1.32 bits per heavy atom. The summed E-state index contributed by atoms with van der Waals surface area (Å²) in [5.74, 6) is 0.133. The van der Waals surface area contributed by atoms with E-state index in [1.54, 1.807) is 22.1 Å². The molecule has 1 spiro atoms. The number of halogens is 1. The van der Waals surface area contributed by atoms with Crippen molar-refractivity contribution >= 4 is 34.9 Å². The Labute approximate surface area is 175 Å². The van der Waals surface area contributed by atoms with Crippen LogP contribution in [0.5, 0.6) is 0 Å². The van der Waals surface area contributed by atoms with Crippen molar-refractivity contribution in [3.63, 3.8) is 0 Å². The van der Waals surface area contributed by atoms with Crippen molar-refractivity contribution in [1.29, 1.82) is 0 Å². The Morgan fingerprint density at radius 2 is 2.07 bits per heavy atom. The number of likely N-dealkylation sites (tertiary alicyclic amines) is 2. The Morgan fingerprint density at radius 3 is 2.71 bits per heavy atom. The van der Waals surface area contributed by atoms with Crippen molar-refractivity contribution in [3.8, 4) is 0 Å². The lowest BCUT2D eigenvalue weighted by Crippen LogP contribution is -2.43. The zero-order valence-corrected chi connectivity index (χ0v) is 18.1. The quantitative estimate of drug-likeness (QED) is 0.705. The van der Waals surface area contributed by atoms with E-state index in [-0.39, 0.29) is 5.91 Å². The van der Waals surface area contributed by atoms with Gasteiger partial charge in [0.05, 0.1) is 5.69 Å². The van der Waals surface area contributed by atoms with Crippen LogP contribution in [0.3, 0.4) is 0 Å². The SMILES string of the molecule is Cc1nn(C)c(Cl)c1CN1CCC2(CCN(C(=O)C=Cc3ccsc3)CC2)C1. The van der Waals surface area contributed by atoms with Gasteiger partial charge in [0.25, 0.3) is 0 Å². The first-order chi connectivity index (χ1) is 13.5. The van der Waals surface area contributed by atoms with E-state index in [1.807, 2.05) is 36.4 Å². The van der Waals surface area contributed by atoms with Gasteiger partial charge in [-0.15, -0.1) is 0 Å². The first-order valence-corrected chi connectivity index (χ1v) is 11.2. The lowest BCUT2D eigenvalue weighted by Gasteiger charge is -2.39. The van der Waals surface area contributed by atoms with Gasteiger partial charge in [0, 0.05) is 44.9 Å². The molecule has 2 aliphatic heterocycles. The predicted octanol–water partition coefficient (Wildman–Crippen LogP) is 3.97. The van der Waals surface area contributed by atoms with Crippen LogP contribution >= 0.6 is 22.9 Å². The molecule has 0 unspecified atom stereocenters. The molecule has 0 saturated carbocycles. The Hall–Kier alpha value is -1.63. The van der Waals surface area contributed by atoms with Crippen LogP contribution in [0.2, 0.25) is 5.15 Å². The summed E-state index contributed by atoms with van der Waals surface area (Å²) in [6, 6.07) is 2.03. The zero-order valence-electron chi connectivity index (χ0n) is 16.5. The molecular formula is C21H27ClN4OS. The van der Waals surface area contributed by atoms with E-state index >= 15 is 0 Å². The summed E-state index contributed by atoms with van der Waals surface area (Å²) in [5.41, 5.74) is 3.61. The number of hydrogen-bond acceptors (Lipinski definition) is 4. The monoisotopic (exact) mass is 418 g/mol. The van der Waals surface area contributed by atoms with E-state index in [1.165, 1.54) is 6.42 Å². The first kappa shape index (κ1) is 19.7.